The van der Waals surface area contributed by atoms with Crippen LogP contribution in [0.2, 0.25) is 0 Å². The van der Waals surface area contributed by atoms with Crippen molar-refractivity contribution in [3.63, 3.8) is 0 Å². The van der Waals surface area contributed by atoms with E-state index in [0.29, 0.717) is 6.54 Å². The zero-order chi connectivity index (χ0) is 11.1. The highest BCUT2D eigenvalue weighted by molar-refractivity contribution is 5.84. The average Bonchev–Trinajstić information content (AvgIpc) is 2.39. The molecule has 3 heteroatoms. The first-order chi connectivity index (χ1) is 6.21. The van der Waals surface area contributed by atoms with Crippen molar-refractivity contribution in [2.45, 2.75) is 40.7 Å². The Morgan fingerprint density at radius 3 is 2.07 bits per heavy atom. The summed E-state index contributed by atoms with van der Waals surface area (Å²) < 4.78 is 0. The highest BCUT2D eigenvalue weighted by Gasteiger charge is 2.68. The summed E-state index contributed by atoms with van der Waals surface area (Å²) >= 11 is 0. The fourth-order valence-electron chi connectivity index (χ4n) is 2.20. The molecule has 0 aromatic rings. The molecule has 0 spiro atoms. The number of rotatable bonds is 3. The van der Waals surface area contributed by atoms with E-state index in [1.165, 1.54) is 0 Å². The second-order valence-corrected chi connectivity index (χ2v) is 5.47. The first kappa shape index (κ1) is 11.5. The number of aliphatic hydroxyl groups excluding tert-OH is 1. The van der Waals surface area contributed by atoms with Gasteiger partial charge in [0.2, 0.25) is 5.91 Å². The minimum absolute atomic E-state index is 0.0703. The van der Waals surface area contributed by atoms with E-state index in [4.69, 9.17) is 5.11 Å². The van der Waals surface area contributed by atoms with Crippen LogP contribution in [0.25, 0.3) is 0 Å². The number of carbonyl (C=O) groups is 1. The van der Waals surface area contributed by atoms with Crippen molar-refractivity contribution in [2.75, 3.05) is 6.54 Å². The van der Waals surface area contributed by atoms with Gasteiger partial charge in [0.1, 0.15) is 0 Å². The van der Waals surface area contributed by atoms with Crippen LogP contribution in [-0.4, -0.2) is 23.7 Å². The third kappa shape index (κ3) is 1.65. The van der Waals surface area contributed by atoms with Crippen LogP contribution in [0.3, 0.4) is 0 Å². The zero-order valence-corrected chi connectivity index (χ0v) is 9.72. The molecule has 1 amide bonds. The lowest BCUT2D eigenvalue weighted by molar-refractivity contribution is -0.123. The van der Waals surface area contributed by atoms with Gasteiger partial charge in [-0.1, -0.05) is 27.7 Å². The van der Waals surface area contributed by atoms with Gasteiger partial charge in [-0.2, -0.15) is 0 Å². The molecule has 0 radical (unpaired) electrons. The van der Waals surface area contributed by atoms with Crippen LogP contribution in [0.1, 0.15) is 34.6 Å². The van der Waals surface area contributed by atoms with Gasteiger partial charge in [0.05, 0.1) is 6.10 Å². The highest BCUT2D eigenvalue weighted by atomic mass is 16.3. The van der Waals surface area contributed by atoms with Gasteiger partial charge in [-0.05, 0) is 17.8 Å². The van der Waals surface area contributed by atoms with E-state index < -0.39 is 6.10 Å². The summed E-state index contributed by atoms with van der Waals surface area (Å²) in [6.07, 6.45) is -0.469. The van der Waals surface area contributed by atoms with Crippen molar-refractivity contribution in [3.8, 4) is 0 Å². The Kier molecular flexibility index (Phi) is 2.65. The van der Waals surface area contributed by atoms with Crippen LogP contribution in [0.5, 0.6) is 0 Å². The lowest BCUT2D eigenvalue weighted by Gasteiger charge is -2.07. The van der Waals surface area contributed by atoms with E-state index in [1.54, 1.807) is 6.92 Å². The highest BCUT2D eigenvalue weighted by Crippen LogP contribution is 2.68. The number of aliphatic hydroxyl groups is 1. The molecule has 0 heterocycles. The monoisotopic (exact) mass is 199 g/mol. The van der Waals surface area contributed by atoms with Crippen molar-refractivity contribution >= 4 is 5.91 Å². The smallest absolute Gasteiger partial charge is 0.224 e. The number of hydrogen-bond acceptors (Lipinski definition) is 2. The van der Waals surface area contributed by atoms with Gasteiger partial charge in [0.15, 0.2) is 0 Å². The number of amides is 1. The molecular weight excluding hydrogens is 178 g/mol. The number of hydrogen-bond donors (Lipinski definition) is 2. The zero-order valence-electron chi connectivity index (χ0n) is 9.72. The molecule has 1 aliphatic rings. The second-order valence-electron chi connectivity index (χ2n) is 5.47. The predicted molar refractivity (Wildman–Crippen MR) is 55.7 cm³/mol. The van der Waals surface area contributed by atoms with Crippen LogP contribution < -0.4 is 5.32 Å². The van der Waals surface area contributed by atoms with Crippen molar-refractivity contribution in [1.29, 1.82) is 0 Å². The standard InChI is InChI=1S/C11H21NO2/c1-7(13)6-12-9(14)8-10(2,3)11(8,4)5/h7-8,13H,6H2,1-5H3,(H,12,14)/t7-/m1/s1. The van der Waals surface area contributed by atoms with E-state index in [0.717, 1.165) is 0 Å². The fourth-order valence-corrected chi connectivity index (χ4v) is 2.20. The normalized spacial score (nSPS) is 25.6. The molecule has 14 heavy (non-hydrogen) atoms. The predicted octanol–water partition coefficient (Wildman–Crippen LogP) is 1.17. The summed E-state index contributed by atoms with van der Waals surface area (Å²) in [5, 5.41) is 11.8. The maximum atomic E-state index is 11.7. The average molecular weight is 199 g/mol. The molecule has 0 aromatic carbocycles. The molecule has 3 nitrogen and oxygen atoms in total. The quantitative estimate of drug-likeness (QED) is 0.716. The molecule has 1 fully saturated rings. The SMILES string of the molecule is C[C@@H](O)CNC(=O)C1C(C)(C)C1(C)C. The molecule has 0 unspecified atom stereocenters. The fraction of sp³-hybridized carbons (Fsp3) is 0.909. The van der Waals surface area contributed by atoms with E-state index in [-0.39, 0.29) is 22.7 Å². The maximum absolute atomic E-state index is 11.7. The van der Waals surface area contributed by atoms with Gasteiger partial charge in [-0.3, -0.25) is 4.79 Å². The summed E-state index contributed by atoms with van der Waals surface area (Å²) in [7, 11) is 0. The molecule has 2 N–H and O–H groups in total. The summed E-state index contributed by atoms with van der Waals surface area (Å²) in [5.74, 6) is 0.148. The lowest BCUT2D eigenvalue weighted by Crippen LogP contribution is -2.33. The lowest BCUT2D eigenvalue weighted by atomic mass is 10.0. The van der Waals surface area contributed by atoms with E-state index in [1.807, 2.05) is 0 Å². The van der Waals surface area contributed by atoms with Gasteiger partial charge in [0, 0.05) is 12.5 Å². The minimum atomic E-state index is -0.469. The molecule has 1 aliphatic carbocycles. The van der Waals surface area contributed by atoms with E-state index >= 15 is 0 Å². The molecule has 82 valence electrons. The molecule has 0 bridgehead atoms. The van der Waals surface area contributed by atoms with E-state index in [9.17, 15) is 4.79 Å². The Balaban J connectivity index is 2.50. The van der Waals surface area contributed by atoms with Crippen LogP contribution in [0.15, 0.2) is 0 Å². The molecule has 1 saturated carbocycles. The molecule has 0 saturated heterocycles. The van der Waals surface area contributed by atoms with Crippen molar-refractivity contribution < 1.29 is 9.90 Å². The molecular formula is C11H21NO2. The van der Waals surface area contributed by atoms with Gasteiger partial charge in [0.25, 0.3) is 0 Å². The Morgan fingerprint density at radius 1 is 1.36 bits per heavy atom. The van der Waals surface area contributed by atoms with Crippen LogP contribution in [-0.2, 0) is 4.79 Å². The van der Waals surface area contributed by atoms with Gasteiger partial charge >= 0.3 is 0 Å². The second kappa shape index (κ2) is 3.23. The first-order valence-electron chi connectivity index (χ1n) is 5.17. The maximum Gasteiger partial charge on any atom is 0.224 e. The van der Waals surface area contributed by atoms with Crippen molar-refractivity contribution in [2.24, 2.45) is 16.7 Å². The number of nitrogens with one attached hydrogen (secondary N) is 1. The van der Waals surface area contributed by atoms with Crippen molar-refractivity contribution in [3.05, 3.63) is 0 Å². The largest absolute Gasteiger partial charge is 0.392 e. The summed E-state index contributed by atoms with van der Waals surface area (Å²) in [5.41, 5.74) is 0.158. The summed E-state index contributed by atoms with van der Waals surface area (Å²) in [6.45, 7) is 10.5. The Labute approximate surface area is 85.9 Å². The van der Waals surface area contributed by atoms with Crippen LogP contribution in [0.4, 0.5) is 0 Å². The Hall–Kier alpha value is -0.570. The minimum Gasteiger partial charge on any atom is -0.392 e. The topological polar surface area (TPSA) is 49.3 Å². The third-order valence-electron chi connectivity index (χ3n) is 3.85. The Bertz CT molecular complexity index is 230. The van der Waals surface area contributed by atoms with Gasteiger partial charge < -0.3 is 10.4 Å². The number of carbonyl (C=O) groups excluding carboxylic acids is 1. The van der Waals surface area contributed by atoms with E-state index in [2.05, 4.69) is 33.0 Å². The van der Waals surface area contributed by atoms with Crippen LogP contribution >= 0.6 is 0 Å². The first-order valence-corrected chi connectivity index (χ1v) is 5.17. The van der Waals surface area contributed by atoms with Gasteiger partial charge in [-0.25, -0.2) is 0 Å². The molecule has 1 atom stereocenters. The summed E-state index contributed by atoms with van der Waals surface area (Å²) in [6, 6.07) is 0. The molecule has 0 aromatic heterocycles. The summed E-state index contributed by atoms with van der Waals surface area (Å²) in [4.78, 5) is 11.7. The molecule has 0 aliphatic heterocycles. The third-order valence-corrected chi connectivity index (χ3v) is 3.85. The van der Waals surface area contributed by atoms with Gasteiger partial charge in [-0.15, -0.1) is 0 Å². The van der Waals surface area contributed by atoms with Crippen LogP contribution in [0, 0.1) is 16.7 Å². The molecule has 1 rings (SSSR count). The van der Waals surface area contributed by atoms with Crippen molar-refractivity contribution in [1.82, 2.24) is 5.32 Å². The Morgan fingerprint density at radius 2 is 1.79 bits per heavy atom.